The maximum atomic E-state index is 4.69. The summed E-state index contributed by atoms with van der Waals surface area (Å²) in [6.07, 6.45) is 12.0. The van der Waals surface area contributed by atoms with E-state index in [0.29, 0.717) is 6.04 Å². The molecule has 1 fully saturated rings. The molecular weight excluding hydrogens is 248 g/mol. The Balaban J connectivity index is 1.60. The van der Waals surface area contributed by atoms with Gasteiger partial charge in [0.15, 0.2) is 5.96 Å². The van der Waals surface area contributed by atoms with E-state index in [1.165, 1.54) is 45.3 Å². The first kappa shape index (κ1) is 15.4. The van der Waals surface area contributed by atoms with Crippen LogP contribution in [0.1, 0.15) is 45.4 Å². The van der Waals surface area contributed by atoms with Gasteiger partial charge in [-0.3, -0.25) is 4.99 Å². The Kier molecular flexibility index (Phi) is 6.92. The number of guanidine groups is 1. The van der Waals surface area contributed by atoms with Gasteiger partial charge in [0, 0.05) is 19.1 Å². The zero-order valence-corrected chi connectivity index (χ0v) is 12.9. The summed E-state index contributed by atoms with van der Waals surface area (Å²) >= 11 is 0. The van der Waals surface area contributed by atoms with Crippen molar-refractivity contribution < 1.29 is 0 Å². The lowest BCUT2D eigenvalue weighted by Gasteiger charge is -2.17. The molecule has 0 spiro atoms. The molecule has 0 amide bonds. The van der Waals surface area contributed by atoms with Gasteiger partial charge in [0.1, 0.15) is 0 Å². The van der Waals surface area contributed by atoms with E-state index in [4.69, 9.17) is 0 Å². The summed E-state index contributed by atoms with van der Waals surface area (Å²) in [6, 6.07) is 0.539. The predicted octanol–water partition coefficient (Wildman–Crippen LogP) is 2.14. The third-order valence-electron chi connectivity index (χ3n) is 4.04. The quantitative estimate of drug-likeness (QED) is 0.324. The zero-order valence-electron chi connectivity index (χ0n) is 12.9. The predicted molar refractivity (Wildman–Crippen MR) is 86.2 cm³/mol. The molecule has 1 heterocycles. The summed E-state index contributed by atoms with van der Waals surface area (Å²) in [7, 11) is 0. The molecule has 4 heteroatoms. The molecule has 0 bridgehead atoms. The number of likely N-dealkylation sites (tertiary alicyclic amines) is 1. The number of nitrogens with zero attached hydrogens (tertiary/aromatic N) is 2. The number of rotatable bonds is 7. The summed E-state index contributed by atoms with van der Waals surface area (Å²) in [6.45, 7) is 7.86. The van der Waals surface area contributed by atoms with Gasteiger partial charge in [-0.2, -0.15) is 0 Å². The van der Waals surface area contributed by atoms with Gasteiger partial charge in [0.05, 0.1) is 0 Å². The molecule has 0 unspecified atom stereocenters. The van der Waals surface area contributed by atoms with E-state index in [2.05, 4.69) is 39.6 Å². The van der Waals surface area contributed by atoms with Crippen LogP contribution in [0.5, 0.6) is 0 Å². The van der Waals surface area contributed by atoms with E-state index in [9.17, 15) is 0 Å². The van der Waals surface area contributed by atoms with Crippen molar-refractivity contribution in [2.24, 2.45) is 4.99 Å². The van der Waals surface area contributed by atoms with Crippen molar-refractivity contribution in [1.29, 1.82) is 0 Å². The van der Waals surface area contributed by atoms with E-state index < -0.39 is 0 Å². The highest BCUT2D eigenvalue weighted by Crippen LogP contribution is 2.09. The minimum atomic E-state index is 0.539. The molecule has 1 saturated heterocycles. The van der Waals surface area contributed by atoms with E-state index in [0.717, 1.165) is 31.9 Å². The maximum absolute atomic E-state index is 4.69. The molecule has 0 radical (unpaired) electrons. The Bertz CT molecular complexity index is 310. The van der Waals surface area contributed by atoms with Gasteiger partial charge in [-0.05, 0) is 65.1 Å². The van der Waals surface area contributed by atoms with E-state index in [-0.39, 0.29) is 0 Å². The number of unbranched alkanes of at least 4 members (excludes halogenated alkanes) is 1. The molecule has 0 saturated carbocycles. The van der Waals surface area contributed by atoms with Crippen LogP contribution in [-0.2, 0) is 0 Å². The van der Waals surface area contributed by atoms with Crippen LogP contribution in [0.25, 0.3) is 0 Å². The lowest BCUT2D eigenvalue weighted by molar-refractivity contribution is 0.331. The van der Waals surface area contributed by atoms with Crippen LogP contribution in [0.15, 0.2) is 17.1 Å². The molecule has 0 aromatic heterocycles. The minimum absolute atomic E-state index is 0.539. The molecular formula is C16H30N4. The van der Waals surface area contributed by atoms with Crippen LogP contribution >= 0.6 is 0 Å². The smallest absolute Gasteiger partial charge is 0.191 e. The number of nitrogens with one attached hydrogen (secondary N) is 2. The Morgan fingerprint density at radius 1 is 1.20 bits per heavy atom. The summed E-state index contributed by atoms with van der Waals surface area (Å²) in [5.41, 5.74) is 0. The largest absolute Gasteiger partial charge is 0.357 e. The van der Waals surface area contributed by atoms with Crippen molar-refractivity contribution in [3.05, 3.63) is 12.2 Å². The summed E-state index contributed by atoms with van der Waals surface area (Å²) in [4.78, 5) is 7.27. The fourth-order valence-electron chi connectivity index (χ4n) is 2.89. The normalized spacial score (nSPS) is 20.8. The van der Waals surface area contributed by atoms with Gasteiger partial charge >= 0.3 is 0 Å². The van der Waals surface area contributed by atoms with E-state index in [1.54, 1.807) is 0 Å². The molecule has 0 aromatic rings. The lowest BCUT2D eigenvalue weighted by atomic mass is 10.2. The molecule has 1 aliphatic carbocycles. The average molecular weight is 278 g/mol. The summed E-state index contributed by atoms with van der Waals surface area (Å²) in [5, 5.41) is 6.86. The fraction of sp³-hybridized carbons (Fsp3) is 0.812. The first-order valence-electron chi connectivity index (χ1n) is 8.30. The Labute approximate surface area is 123 Å². The first-order valence-corrected chi connectivity index (χ1v) is 8.30. The first-order chi connectivity index (χ1) is 9.88. The summed E-state index contributed by atoms with van der Waals surface area (Å²) in [5.74, 6) is 0.988. The van der Waals surface area contributed by atoms with Crippen LogP contribution < -0.4 is 10.6 Å². The van der Waals surface area contributed by atoms with Crippen LogP contribution in [0, 0.1) is 0 Å². The Morgan fingerprint density at radius 3 is 2.65 bits per heavy atom. The van der Waals surface area contributed by atoms with Gasteiger partial charge in [0.2, 0.25) is 0 Å². The van der Waals surface area contributed by atoms with Crippen LogP contribution in [0.2, 0.25) is 0 Å². The molecule has 1 aliphatic heterocycles. The van der Waals surface area contributed by atoms with E-state index in [1.807, 2.05) is 0 Å². The second-order valence-corrected chi connectivity index (χ2v) is 5.80. The van der Waals surface area contributed by atoms with Crippen molar-refractivity contribution in [3.63, 3.8) is 0 Å². The monoisotopic (exact) mass is 278 g/mol. The van der Waals surface area contributed by atoms with Crippen LogP contribution in [0.4, 0.5) is 0 Å². The second-order valence-electron chi connectivity index (χ2n) is 5.80. The van der Waals surface area contributed by atoms with Crippen molar-refractivity contribution >= 4 is 5.96 Å². The lowest BCUT2D eigenvalue weighted by Crippen LogP contribution is -2.42. The fourth-order valence-corrected chi connectivity index (χ4v) is 2.89. The zero-order chi connectivity index (χ0) is 14.0. The number of hydrogen-bond acceptors (Lipinski definition) is 2. The molecule has 0 aromatic carbocycles. The highest BCUT2D eigenvalue weighted by atomic mass is 15.2. The Hall–Kier alpha value is -1.03. The van der Waals surface area contributed by atoms with Gasteiger partial charge in [-0.1, -0.05) is 12.2 Å². The van der Waals surface area contributed by atoms with Crippen LogP contribution in [-0.4, -0.2) is 49.6 Å². The molecule has 4 nitrogen and oxygen atoms in total. The average Bonchev–Trinajstić information content (AvgIpc) is 3.11. The SMILES string of the molecule is CCNC(=NCCCCN1CCCC1)NC1CC=CC1. The number of hydrogen-bond donors (Lipinski definition) is 2. The standard InChI is InChI=1S/C16H30N4/c1-2-17-16(19-15-9-3-4-10-15)18-11-5-6-12-20-13-7-8-14-20/h3-4,15H,2,5-14H2,1H3,(H2,17,18,19). The van der Waals surface area contributed by atoms with Gasteiger partial charge < -0.3 is 15.5 Å². The third-order valence-corrected chi connectivity index (χ3v) is 4.04. The van der Waals surface area contributed by atoms with Crippen molar-refractivity contribution in [2.75, 3.05) is 32.7 Å². The number of aliphatic imine (C=N–C) groups is 1. The topological polar surface area (TPSA) is 39.7 Å². The second kappa shape index (κ2) is 9.01. The van der Waals surface area contributed by atoms with Crippen molar-refractivity contribution in [1.82, 2.24) is 15.5 Å². The van der Waals surface area contributed by atoms with E-state index >= 15 is 0 Å². The minimum Gasteiger partial charge on any atom is -0.357 e. The summed E-state index contributed by atoms with van der Waals surface area (Å²) < 4.78 is 0. The molecule has 114 valence electrons. The van der Waals surface area contributed by atoms with Gasteiger partial charge in [-0.25, -0.2) is 0 Å². The molecule has 2 aliphatic rings. The van der Waals surface area contributed by atoms with Gasteiger partial charge in [-0.15, -0.1) is 0 Å². The maximum Gasteiger partial charge on any atom is 0.191 e. The molecule has 2 N–H and O–H groups in total. The Morgan fingerprint density at radius 2 is 1.95 bits per heavy atom. The molecule has 20 heavy (non-hydrogen) atoms. The molecule has 2 rings (SSSR count). The molecule has 0 atom stereocenters. The highest BCUT2D eigenvalue weighted by molar-refractivity contribution is 5.80. The third kappa shape index (κ3) is 5.53. The van der Waals surface area contributed by atoms with Crippen LogP contribution in [0.3, 0.4) is 0 Å². The van der Waals surface area contributed by atoms with Crippen molar-refractivity contribution in [3.8, 4) is 0 Å². The highest BCUT2D eigenvalue weighted by Gasteiger charge is 2.12. The van der Waals surface area contributed by atoms with Gasteiger partial charge in [0.25, 0.3) is 0 Å². The van der Waals surface area contributed by atoms with Crippen molar-refractivity contribution in [2.45, 2.75) is 51.5 Å².